The number of halogens is 2. The summed E-state index contributed by atoms with van der Waals surface area (Å²) in [5.74, 6) is 0.129. The Morgan fingerprint density at radius 3 is 2.64 bits per heavy atom. The van der Waals surface area contributed by atoms with Crippen LogP contribution in [0.3, 0.4) is 0 Å². The molecule has 36 heavy (non-hydrogen) atoms. The number of carbonyl (C=O) groups is 1. The number of methoxy groups -OCH3 is 2. The van der Waals surface area contributed by atoms with Gasteiger partial charge in [-0.3, -0.25) is 4.79 Å². The van der Waals surface area contributed by atoms with Gasteiger partial charge in [-0.1, -0.05) is 29.3 Å². The van der Waals surface area contributed by atoms with E-state index in [1.807, 2.05) is 11.0 Å². The molecule has 2 fully saturated rings. The number of hydrogen-bond donors (Lipinski definition) is 1. The maximum atomic E-state index is 13.4. The maximum Gasteiger partial charge on any atom is 0.320 e. The molecule has 3 heterocycles. The molecule has 2 unspecified atom stereocenters. The molecule has 0 bridgehead atoms. The van der Waals surface area contributed by atoms with Crippen LogP contribution < -0.4 is 14.8 Å². The van der Waals surface area contributed by atoms with Crippen molar-refractivity contribution >= 4 is 29.1 Å². The van der Waals surface area contributed by atoms with E-state index < -0.39 is 0 Å². The summed E-state index contributed by atoms with van der Waals surface area (Å²) in [5, 5.41) is 4.62. The first kappa shape index (κ1) is 26.9. The largest absolute Gasteiger partial charge is 0.472 e. The molecule has 2 saturated heterocycles. The normalized spacial score (nSPS) is 20.9. The van der Waals surface area contributed by atoms with E-state index in [0.29, 0.717) is 41.3 Å². The topological polar surface area (TPSA) is 95.0 Å². The van der Waals surface area contributed by atoms with Crippen molar-refractivity contribution in [2.24, 2.45) is 0 Å². The summed E-state index contributed by atoms with van der Waals surface area (Å²) >= 11 is 12.1. The van der Waals surface area contributed by atoms with E-state index in [2.05, 4.69) is 15.3 Å². The Kier molecular flexibility index (Phi) is 9.25. The number of benzene rings is 1. The second-order valence-corrected chi connectivity index (χ2v) is 9.82. The summed E-state index contributed by atoms with van der Waals surface area (Å²) in [6, 6.07) is 5.93. The first-order valence-electron chi connectivity index (χ1n) is 12.0. The molecule has 2 aromatic rings. The molecule has 0 saturated carbocycles. The number of nitrogens with one attached hydrogen (secondary N) is 1. The first-order valence-corrected chi connectivity index (χ1v) is 12.8. The molecule has 0 aliphatic carbocycles. The van der Waals surface area contributed by atoms with Gasteiger partial charge in [-0.15, -0.1) is 0 Å². The van der Waals surface area contributed by atoms with Gasteiger partial charge in [0.25, 0.3) is 5.91 Å². The molecule has 11 heteroatoms. The number of ether oxygens (including phenoxy) is 4. The van der Waals surface area contributed by atoms with Gasteiger partial charge >= 0.3 is 6.01 Å². The molecule has 0 radical (unpaired) electrons. The van der Waals surface area contributed by atoms with E-state index in [-0.39, 0.29) is 42.2 Å². The van der Waals surface area contributed by atoms with Crippen molar-refractivity contribution in [1.82, 2.24) is 20.2 Å². The van der Waals surface area contributed by atoms with Gasteiger partial charge in [-0.05, 0) is 43.9 Å². The Hall–Kier alpha value is -2.17. The molecule has 1 N–H and O–H groups in total. The Bertz CT molecular complexity index is 1060. The van der Waals surface area contributed by atoms with E-state index in [1.54, 1.807) is 26.2 Å². The fourth-order valence-corrected chi connectivity index (χ4v) is 4.85. The molecule has 2 aliphatic heterocycles. The van der Waals surface area contributed by atoms with E-state index in [4.69, 9.17) is 42.1 Å². The van der Waals surface area contributed by atoms with E-state index in [9.17, 15) is 4.79 Å². The first-order chi connectivity index (χ1) is 17.4. The highest BCUT2D eigenvalue weighted by molar-refractivity contribution is 6.42. The van der Waals surface area contributed by atoms with Crippen molar-refractivity contribution in [1.29, 1.82) is 0 Å². The fourth-order valence-electron chi connectivity index (χ4n) is 4.53. The Balaban J connectivity index is 1.40. The molecule has 2 atom stereocenters. The molecule has 1 amide bonds. The Labute approximate surface area is 221 Å². The quantitative estimate of drug-likeness (QED) is 0.543. The van der Waals surface area contributed by atoms with E-state index in [0.717, 1.165) is 31.4 Å². The third-order valence-corrected chi connectivity index (χ3v) is 7.40. The van der Waals surface area contributed by atoms with E-state index >= 15 is 0 Å². The number of likely N-dealkylation sites (tertiary alicyclic amines) is 1. The van der Waals surface area contributed by atoms with Crippen LogP contribution in [0.2, 0.25) is 10.0 Å². The van der Waals surface area contributed by atoms with Crippen LogP contribution in [0.15, 0.2) is 18.2 Å². The minimum absolute atomic E-state index is 0.0527. The number of carbonyl (C=O) groups excluding carboxylic acids is 1. The summed E-state index contributed by atoms with van der Waals surface area (Å²) in [6.45, 7) is 4.58. The van der Waals surface area contributed by atoms with Gasteiger partial charge < -0.3 is 29.2 Å². The highest BCUT2D eigenvalue weighted by atomic mass is 35.5. The lowest BCUT2D eigenvalue weighted by Crippen LogP contribution is -2.54. The fraction of sp³-hybridized carbons (Fsp3) is 0.560. The van der Waals surface area contributed by atoms with Crippen LogP contribution in [0.1, 0.15) is 40.9 Å². The lowest BCUT2D eigenvalue weighted by Gasteiger charge is -2.38. The third kappa shape index (κ3) is 6.39. The molecule has 9 nitrogen and oxygen atoms in total. The van der Waals surface area contributed by atoms with Gasteiger partial charge in [-0.25, -0.2) is 0 Å². The summed E-state index contributed by atoms with van der Waals surface area (Å²) in [4.78, 5) is 23.9. The highest BCUT2D eigenvalue weighted by Gasteiger charge is 2.31. The minimum atomic E-state index is -0.160. The third-order valence-electron chi connectivity index (χ3n) is 6.66. The minimum Gasteiger partial charge on any atom is -0.472 e. The molecule has 4 rings (SSSR count). The van der Waals surface area contributed by atoms with Crippen molar-refractivity contribution in [3.05, 3.63) is 45.1 Å². The predicted octanol–water partition coefficient (Wildman–Crippen LogP) is 3.68. The number of piperidine rings is 1. The van der Waals surface area contributed by atoms with Crippen LogP contribution in [-0.4, -0.2) is 79.5 Å². The summed E-state index contributed by atoms with van der Waals surface area (Å²) in [5.41, 5.74) is 1.66. The van der Waals surface area contributed by atoms with Crippen LogP contribution in [0.5, 0.6) is 11.9 Å². The molecule has 196 valence electrons. The lowest BCUT2D eigenvalue weighted by atomic mass is 9.99. The van der Waals surface area contributed by atoms with Crippen molar-refractivity contribution < 1.29 is 23.7 Å². The molecule has 0 spiro atoms. The zero-order chi connectivity index (χ0) is 25.7. The second-order valence-electron chi connectivity index (χ2n) is 9.00. The summed E-state index contributed by atoms with van der Waals surface area (Å²) in [7, 11) is 3.18. The number of rotatable bonds is 8. The average molecular weight is 539 g/mol. The van der Waals surface area contributed by atoms with Crippen LogP contribution >= 0.6 is 23.2 Å². The molecular formula is C25H32Cl2N4O5. The standard InChI is InChI=1S/C25H32Cl2N4O5/c1-15-22(29-25(34-3)30-23(15)36-13-16-4-5-18(26)19(27)12-16)24(32)31-9-6-17(7-10-31)28-20-8-11-35-14-21(20)33-2/h4-5,12,17,20-21,28H,6-11,13-14H2,1-3H3. The predicted molar refractivity (Wildman–Crippen MR) is 136 cm³/mol. The monoisotopic (exact) mass is 538 g/mol. The smallest absolute Gasteiger partial charge is 0.320 e. The molecule has 2 aliphatic rings. The summed E-state index contributed by atoms with van der Waals surface area (Å²) < 4.78 is 22.3. The number of aromatic nitrogens is 2. The van der Waals surface area contributed by atoms with Gasteiger partial charge in [0.15, 0.2) is 0 Å². The van der Waals surface area contributed by atoms with Gasteiger partial charge in [0, 0.05) is 44.5 Å². The van der Waals surface area contributed by atoms with Crippen LogP contribution in [0, 0.1) is 6.92 Å². The Morgan fingerprint density at radius 1 is 1.17 bits per heavy atom. The molecular weight excluding hydrogens is 507 g/mol. The van der Waals surface area contributed by atoms with Crippen molar-refractivity contribution in [2.75, 3.05) is 40.5 Å². The van der Waals surface area contributed by atoms with Gasteiger partial charge in [0.1, 0.15) is 12.3 Å². The molecule has 1 aromatic heterocycles. The Morgan fingerprint density at radius 2 is 1.94 bits per heavy atom. The summed E-state index contributed by atoms with van der Waals surface area (Å²) in [6.07, 6.45) is 2.67. The maximum absolute atomic E-state index is 13.4. The number of nitrogens with zero attached hydrogens (tertiary/aromatic N) is 3. The SMILES string of the molecule is COc1nc(OCc2ccc(Cl)c(Cl)c2)c(C)c(C(=O)N2CCC(NC3CCOCC3OC)CC2)n1. The van der Waals surface area contributed by atoms with Crippen molar-refractivity contribution in [3.8, 4) is 11.9 Å². The van der Waals surface area contributed by atoms with Gasteiger partial charge in [-0.2, -0.15) is 9.97 Å². The zero-order valence-corrected chi connectivity index (χ0v) is 22.3. The second kappa shape index (κ2) is 12.4. The van der Waals surface area contributed by atoms with Gasteiger partial charge in [0.2, 0.25) is 5.88 Å². The van der Waals surface area contributed by atoms with E-state index in [1.165, 1.54) is 7.11 Å². The van der Waals surface area contributed by atoms with Crippen LogP contribution in [0.25, 0.3) is 0 Å². The van der Waals surface area contributed by atoms with Gasteiger partial charge in [0.05, 0.1) is 29.9 Å². The zero-order valence-electron chi connectivity index (χ0n) is 20.8. The molecule has 1 aromatic carbocycles. The number of hydrogen-bond acceptors (Lipinski definition) is 8. The highest BCUT2D eigenvalue weighted by Crippen LogP contribution is 2.27. The van der Waals surface area contributed by atoms with Crippen molar-refractivity contribution in [2.45, 2.75) is 51.0 Å². The van der Waals surface area contributed by atoms with Crippen LogP contribution in [-0.2, 0) is 16.1 Å². The average Bonchev–Trinajstić information content (AvgIpc) is 2.90. The van der Waals surface area contributed by atoms with Crippen molar-refractivity contribution in [3.63, 3.8) is 0 Å². The van der Waals surface area contributed by atoms with Crippen LogP contribution in [0.4, 0.5) is 0 Å². The number of amides is 1. The lowest BCUT2D eigenvalue weighted by molar-refractivity contribution is -0.0533.